The fourth-order valence-electron chi connectivity index (χ4n) is 3.44. The molecule has 1 N–H and O–H groups in total. The second-order valence-electron chi connectivity index (χ2n) is 7.11. The molecule has 1 fully saturated rings. The lowest BCUT2D eigenvalue weighted by Crippen LogP contribution is -2.39. The molecule has 3 rings (SSSR count). The van der Waals surface area contributed by atoms with Gasteiger partial charge in [0.05, 0.1) is 23.4 Å². The highest BCUT2D eigenvalue weighted by molar-refractivity contribution is 7.09. The molecule has 2 aromatic rings. The van der Waals surface area contributed by atoms with Gasteiger partial charge in [-0.3, -0.25) is 4.99 Å². The molecule has 1 aromatic carbocycles. The molecule has 1 aliphatic carbocycles. The maximum atomic E-state index is 6.03. The topological polar surface area (TPSA) is 49.8 Å². The molecule has 0 bridgehead atoms. The van der Waals surface area contributed by atoms with E-state index in [1.54, 1.807) is 11.3 Å². The van der Waals surface area contributed by atoms with Crippen molar-refractivity contribution in [3.8, 4) is 5.75 Å². The molecule has 0 atom stereocenters. The smallest absolute Gasteiger partial charge is 0.193 e. The number of guanidine groups is 1. The van der Waals surface area contributed by atoms with Gasteiger partial charge < -0.3 is 15.0 Å². The van der Waals surface area contributed by atoms with Gasteiger partial charge in [-0.15, -0.1) is 11.3 Å². The summed E-state index contributed by atoms with van der Waals surface area (Å²) in [6, 6.07) is 8.52. The summed E-state index contributed by atoms with van der Waals surface area (Å²) in [4.78, 5) is 11.0. The van der Waals surface area contributed by atoms with Gasteiger partial charge in [-0.25, -0.2) is 4.98 Å². The third-order valence-electron chi connectivity index (χ3n) is 4.86. The number of rotatable bonds is 7. The SMILES string of the molecule is CN=C(NCCc1ccc(OC2CCCC2)cc1)N(C)Cc1csc(C)n1. The van der Waals surface area contributed by atoms with E-state index in [-0.39, 0.29) is 0 Å². The monoisotopic (exact) mass is 386 g/mol. The molecule has 0 radical (unpaired) electrons. The average Bonchev–Trinajstić information content (AvgIpc) is 3.32. The molecule has 1 saturated carbocycles. The van der Waals surface area contributed by atoms with E-state index < -0.39 is 0 Å². The maximum Gasteiger partial charge on any atom is 0.193 e. The van der Waals surface area contributed by atoms with Crippen LogP contribution >= 0.6 is 11.3 Å². The van der Waals surface area contributed by atoms with Crippen molar-refractivity contribution in [1.82, 2.24) is 15.2 Å². The third kappa shape index (κ3) is 5.96. The average molecular weight is 387 g/mol. The Hall–Kier alpha value is -2.08. The number of hydrogen-bond acceptors (Lipinski definition) is 4. The van der Waals surface area contributed by atoms with E-state index in [0.717, 1.165) is 41.9 Å². The second-order valence-corrected chi connectivity index (χ2v) is 8.17. The summed E-state index contributed by atoms with van der Waals surface area (Å²) in [5.74, 6) is 1.88. The zero-order valence-corrected chi connectivity index (χ0v) is 17.4. The Morgan fingerprint density at radius 1 is 1.30 bits per heavy atom. The van der Waals surface area contributed by atoms with Crippen molar-refractivity contribution in [2.45, 2.75) is 51.7 Å². The van der Waals surface area contributed by atoms with Crippen LogP contribution in [0.15, 0.2) is 34.6 Å². The first kappa shape index (κ1) is 19.7. The zero-order chi connectivity index (χ0) is 19.1. The number of aromatic nitrogens is 1. The lowest BCUT2D eigenvalue weighted by molar-refractivity contribution is 0.210. The van der Waals surface area contributed by atoms with E-state index in [1.807, 2.05) is 21.0 Å². The molecule has 27 heavy (non-hydrogen) atoms. The van der Waals surface area contributed by atoms with Gasteiger partial charge in [0, 0.05) is 26.0 Å². The van der Waals surface area contributed by atoms with Crippen LogP contribution in [0.5, 0.6) is 5.75 Å². The van der Waals surface area contributed by atoms with Crippen molar-refractivity contribution < 1.29 is 4.74 Å². The second kappa shape index (κ2) is 9.74. The Morgan fingerprint density at radius 3 is 2.67 bits per heavy atom. The number of benzene rings is 1. The Labute approximate surface area is 166 Å². The number of ether oxygens (including phenoxy) is 1. The molecule has 0 aliphatic heterocycles. The van der Waals surface area contributed by atoms with Crippen LogP contribution in [0.4, 0.5) is 0 Å². The van der Waals surface area contributed by atoms with Gasteiger partial charge in [0.15, 0.2) is 5.96 Å². The highest BCUT2D eigenvalue weighted by Crippen LogP contribution is 2.24. The lowest BCUT2D eigenvalue weighted by atomic mass is 10.1. The van der Waals surface area contributed by atoms with Crippen molar-refractivity contribution in [2.75, 3.05) is 20.6 Å². The van der Waals surface area contributed by atoms with Crippen LogP contribution in [-0.4, -0.2) is 42.6 Å². The number of nitrogens with zero attached hydrogens (tertiary/aromatic N) is 3. The van der Waals surface area contributed by atoms with E-state index in [0.29, 0.717) is 6.10 Å². The minimum atomic E-state index is 0.415. The Balaban J connectivity index is 1.43. The van der Waals surface area contributed by atoms with Crippen LogP contribution in [-0.2, 0) is 13.0 Å². The summed E-state index contributed by atoms with van der Waals surface area (Å²) >= 11 is 1.68. The van der Waals surface area contributed by atoms with Gasteiger partial charge in [-0.1, -0.05) is 12.1 Å². The van der Waals surface area contributed by atoms with E-state index in [9.17, 15) is 0 Å². The Morgan fingerprint density at radius 2 is 2.04 bits per heavy atom. The molecule has 1 aliphatic rings. The largest absolute Gasteiger partial charge is 0.490 e. The zero-order valence-electron chi connectivity index (χ0n) is 16.6. The maximum absolute atomic E-state index is 6.03. The lowest BCUT2D eigenvalue weighted by Gasteiger charge is -2.21. The summed E-state index contributed by atoms with van der Waals surface area (Å²) in [5.41, 5.74) is 2.38. The minimum absolute atomic E-state index is 0.415. The minimum Gasteiger partial charge on any atom is -0.490 e. The first-order valence-electron chi connectivity index (χ1n) is 9.72. The van der Waals surface area contributed by atoms with Crippen molar-refractivity contribution in [2.24, 2.45) is 4.99 Å². The van der Waals surface area contributed by atoms with Crippen LogP contribution in [0.2, 0.25) is 0 Å². The number of hydrogen-bond donors (Lipinski definition) is 1. The third-order valence-corrected chi connectivity index (χ3v) is 5.69. The van der Waals surface area contributed by atoms with Crippen LogP contribution in [0, 0.1) is 6.92 Å². The standard InChI is InChI=1S/C21H30N4OS/c1-16-24-18(15-27-16)14-25(3)21(22-2)23-13-12-17-8-10-20(11-9-17)26-19-6-4-5-7-19/h8-11,15,19H,4-7,12-14H2,1-3H3,(H,22,23). The molecule has 1 aromatic heterocycles. The van der Waals surface area contributed by atoms with Gasteiger partial charge in [0.2, 0.25) is 0 Å². The summed E-state index contributed by atoms with van der Waals surface area (Å²) in [6.45, 7) is 3.64. The molecule has 146 valence electrons. The van der Waals surface area contributed by atoms with E-state index in [4.69, 9.17) is 4.74 Å². The normalized spacial score (nSPS) is 15.1. The molecular formula is C21H30N4OS. The first-order chi connectivity index (χ1) is 13.1. The number of aryl methyl sites for hydroxylation is 1. The highest BCUT2D eigenvalue weighted by Gasteiger charge is 2.16. The first-order valence-corrected chi connectivity index (χ1v) is 10.6. The predicted molar refractivity (Wildman–Crippen MR) is 113 cm³/mol. The molecule has 1 heterocycles. The summed E-state index contributed by atoms with van der Waals surface area (Å²) in [6.07, 6.45) is 6.35. The van der Waals surface area contributed by atoms with Gasteiger partial charge in [-0.2, -0.15) is 0 Å². The van der Waals surface area contributed by atoms with E-state index >= 15 is 0 Å². The van der Waals surface area contributed by atoms with Crippen LogP contribution in [0.1, 0.15) is 41.9 Å². The highest BCUT2D eigenvalue weighted by atomic mass is 32.1. The van der Waals surface area contributed by atoms with Crippen LogP contribution in [0.25, 0.3) is 0 Å². The number of nitrogens with one attached hydrogen (secondary N) is 1. The van der Waals surface area contributed by atoms with Crippen LogP contribution in [0.3, 0.4) is 0 Å². The summed E-state index contributed by atoms with van der Waals surface area (Å²) in [7, 11) is 3.86. The Bertz CT molecular complexity index is 735. The Kier molecular flexibility index (Phi) is 7.10. The molecule has 0 saturated heterocycles. The summed E-state index contributed by atoms with van der Waals surface area (Å²) < 4.78 is 6.03. The molecule has 6 heteroatoms. The van der Waals surface area contributed by atoms with Gasteiger partial charge >= 0.3 is 0 Å². The number of thiazole rings is 1. The van der Waals surface area contributed by atoms with Crippen molar-refractivity contribution in [3.05, 3.63) is 45.9 Å². The van der Waals surface area contributed by atoms with Crippen molar-refractivity contribution in [3.63, 3.8) is 0 Å². The van der Waals surface area contributed by atoms with E-state index in [1.165, 1.54) is 31.2 Å². The molecule has 5 nitrogen and oxygen atoms in total. The van der Waals surface area contributed by atoms with Crippen molar-refractivity contribution in [1.29, 1.82) is 0 Å². The fraction of sp³-hybridized carbons (Fsp3) is 0.524. The summed E-state index contributed by atoms with van der Waals surface area (Å²) in [5, 5.41) is 6.64. The van der Waals surface area contributed by atoms with E-state index in [2.05, 4.69) is 49.8 Å². The molecule has 0 amide bonds. The quantitative estimate of drug-likeness (QED) is 0.577. The molecule has 0 spiro atoms. The molecular weight excluding hydrogens is 356 g/mol. The van der Waals surface area contributed by atoms with Gasteiger partial charge in [-0.05, 0) is 56.7 Å². The number of aliphatic imine (C=N–C) groups is 1. The van der Waals surface area contributed by atoms with Crippen LogP contribution < -0.4 is 10.1 Å². The van der Waals surface area contributed by atoms with Gasteiger partial charge in [0.25, 0.3) is 0 Å². The van der Waals surface area contributed by atoms with Gasteiger partial charge in [0.1, 0.15) is 5.75 Å². The molecule has 0 unspecified atom stereocenters. The van der Waals surface area contributed by atoms with Crippen molar-refractivity contribution >= 4 is 17.3 Å². The predicted octanol–water partition coefficient (Wildman–Crippen LogP) is 4.02. The fourth-order valence-corrected chi connectivity index (χ4v) is 4.04.